The Kier molecular flexibility index (Phi) is 5.53. The van der Waals surface area contributed by atoms with Gasteiger partial charge in [-0.1, -0.05) is 12.1 Å². The summed E-state index contributed by atoms with van der Waals surface area (Å²) in [7, 11) is 3.17. The summed E-state index contributed by atoms with van der Waals surface area (Å²) in [6.45, 7) is 2.55. The van der Waals surface area contributed by atoms with Gasteiger partial charge in [0.15, 0.2) is 11.5 Å². The van der Waals surface area contributed by atoms with Crippen LogP contribution in [0.15, 0.2) is 66.7 Å². The summed E-state index contributed by atoms with van der Waals surface area (Å²) in [4.78, 5) is 4.83. The first-order valence-electron chi connectivity index (χ1n) is 9.69. The van der Waals surface area contributed by atoms with E-state index in [0.29, 0.717) is 29.4 Å². The van der Waals surface area contributed by atoms with E-state index in [9.17, 15) is 4.39 Å². The molecule has 0 fully saturated rings. The summed E-state index contributed by atoms with van der Waals surface area (Å²) in [5.41, 5.74) is 2.63. The highest BCUT2D eigenvalue weighted by atomic mass is 19.1. The van der Waals surface area contributed by atoms with Crippen molar-refractivity contribution in [1.29, 1.82) is 0 Å². The molecule has 0 N–H and O–H groups in total. The monoisotopic (exact) mass is 403 g/mol. The molecule has 0 atom stereocenters. The van der Waals surface area contributed by atoms with Crippen LogP contribution in [0.1, 0.15) is 6.92 Å². The smallest absolute Gasteiger partial charge is 0.161 e. The van der Waals surface area contributed by atoms with Crippen molar-refractivity contribution in [3.63, 3.8) is 0 Å². The third kappa shape index (κ3) is 3.66. The van der Waals surface area contributed by atoms with Crippen molar-refractivity contribution in [2.24, 2.45) is 0 Å². The first-order chi connectivity index (χ1) is 14.6. The molecule has 0 aliphatic rings. The minimum absolute atomic E-state index is 0.329. The van der Waals surface area contributed by atoms with Gasteiger partial charge in [0, 0.05) is 16.5 Å². The number of aromatic nitrogens is 1. The van der Waals surface area contributed by atoms with Gasteiger partial charge in [-0.3, -0.25) is 0 Å². The molecule has 5 heteroatoms. The molecule has 0 amide bonds. The Balaban J connectivity index is 1.97. The highest BCUT2D eigenvalue weighted by molar-refractivity contribution is 5.99. The van der Waals surface area contributed by atoms with E-state index in [1.807, 2.05) is 49.4 Å². The van der Waals surface area contributed by atoms with E-state index in [1.165, 1.54) is 6.07 Å². The molecule has 4 aromatic rings. The summed E-state index contributed by atoms with van der Waals surface area (Å²) in [5.74, 6) is 1.64. The SMILES string of the molecule is CCOc1ccc(-c2cc3cc(OC)c(OC)cc3c(-c3ccccc3F)n2)cc1. The van der Waals surface area contributed by atoms with Crippen LogP contribution in [-0.2, 0) is 0 Å². The first kappa shape index (κ1) is 19.7. The Morgan fingerprint density at radius 2 is 1.57 bits per heavy atom. The second-order valence-electron chi connectivity index (χ2n) is 6.72. The number of halogens is 1. The Labute approximate surface area is 174 Å². The molecule has 0 unspecified atom stereocenters. The predicted octanol–water partition coefficient (Wildman–Crippen LogP) is 6.12. The van der Waals surface area contributed by atoms with E-state index in [1.54, 1.807) is 32.4 Å². The van der Waals surface area contributed by atoms with Gasteiger partial charge in [-0.15, -0.1) is 0 Å². The Hall–Kier alpha value is -3.60. The van der Waals surface area contributed by atoms with Crippen molar-refractivity contribution in [1.82, 2.24) is 4.98 Å². The summed E-state index contributed by atoms with van der Waals surface area (Å²) in [6, 6.07) is 20.0. The largest absolute Gasteiger partial charge is 0.494 e. The van der Waals surface area contributed by atoms with Gasteiger partial charge in [0.1, 0.15) is 11.6 Å². The zero-order chi connectivity index (χ0) is 21.1. The molecule has 4 nitrogen and oxygen atoms in total. The van der Waals surface area contributed by atoms with Crippen molar-refractivity contribution in [3.8, 4) is 39.8 Å². The average molecular weight is 403 g/mol. The van der Waals surface area contributed by atoms with Crippen LogP contribution >= 0.6 is 0 Å². The molecule has 152 valence electrons. The van der Waals surface area contributed by atoms with Gasteiger partial charge < -0.3 is 14.2 Å². The maximum Gasteiger partial charge on any atom is 0.161 e. The molecule has 0 aliphatic heterocycles. The zero-order valence-electron chi connectivity index (χ0n) is 17.1. The van der Waals surface area contributed by atoms with Crippen LogP contribution in [0.5, 0.6) is 17.2 Å². The molecule has 0 spiro atoms. The lowest BCUT2D eigenvalue weighted by atomic mass is 10.00. The number of hydrogen-bond donors (Lipinski definition) is 0. The fraction of sp³-hybridized carbons (Fsp3) is 0.160. The Morgan fingerprint density at radius 3 is 2.23 bits per heavy atom. The van der Waals surface area contributed by atoms with E-state index in [4.69, 9.17) is 19.2 Å². The lowest BCUT2D eigenvalue weighted by Gasteiger charge is -2.14. The van der Waals surface area contributed by atoms with Gasteiger partial charge in [0.2, 0.25) is 0 Å². The first-order valence-corrected chi connectivity index (χ1v) is 9.69. The normalized spacial score (nSPS) is 10.8. The van der Waals surface area contributed by atoms with Crippen LogP contribution < -0.4 is 14.2 Å². The van der Waals surface area contributed by atoms with Crippen LogP contribution in [0.2, 0.25) is 0 Å². The summed E-state index contributed by atoms with van der Waals surface area (Å²) >= 11 is 0. The van der Waals surface area contributed by atoms with E-state index in [0.717, 1.165) is 27.8 Å². The third-order valence-electron chi connectivity index (χ3n) is 4.93. The molecule has 1 heterocycles. The topological polar surface area (TPSA) is 40.6 Å². The molecule has 0 saturated heterocycles. The summed E-state index contributed by atoms with van der Waals surface area (Å²) < 4.78 is 31.1. The van der Waals surface area contributed by atoms with Crippen LogP contribution in [-0.4, -0.2) is 25.8 Å². The highest BCUT2D eigenvalue weighted by Crippen LogP contribution is 2.39. The summed E-state index contributed by atoms with van der Waals surface area (Å²) in [6.07, 6.45) is 0. The van der Waals surface area contributed by atoms with Crippen LogP contribution in [0.25, 0.3) is 33.3 Å². The maximum atomic E-state index is 14.7. The second-order valence-corrected chi connectivity index (χ2v) is 6.72. The molecular formula is C25H22FNO3. The zero-order valence-corrected chi connectivity index (χ0v) is 17.1. The van der Waals surface area contributed by atoms with Gasteiger partial charge in [-0.05, 0) is 66.9 Å². The predicted molar refractivity (Wildman–Crippen MR) is 117 cm³/mol. The van der Waals surface area contributed by atoms with E-state index in [2.05, 4.69) is 0 Å². The van der Waals surface area contributed by atoms with Crippen molar-refractivity contribution >= 4 is 10.8 Å². The maximum absolute atomic E-state index is 14.7. The van der Waals surface area contributed by atoms with Gasteiger partial charge >= 0.3 is 0 Å². The lowest BCUT2D eigenvalue weighted by Crippen LogP contribution is -1.96. The number of methoxy groups -OCH3 is 2. The quantitative estimate of drug-likeness (QED) is 0.389. The molecule has 0 saturated carbocycles. The molecule has 0 aliphatic carbocycles. The summed E-state index contributed by atoms with van der Waals surface area (Å²) in [5, 5.41) is 1.66. The molecule has 0 radical (unpaired) electrons. The number of nitrogens with zero attached hydrogens (tertiary/aromatic N) is 1. The molecule has 0 bridgehead atoms. The van der Waals surface area contributed by atoms with Gasteiger partial charge in [0.05, 0.1) is 32.2 Å². The number of hydrogen-bond acceptors (Lipinski definition) is 4. The number of rotatable bonds is 6. The number of ether oxygens (including phenoxy) is 3. The molecule has 30 heavy (non-hydrogen) atoms. The van der Waals surface area contributed by atoms with Crippen LogP contribution in [0, 0.1) is 5.82 Å². The van der Waals surface area contributed by atoms with Crippen LogP contribution in [0.3, 0.4) is 0 Å². The van der Waals surface area contributed by atoms with Gasteiger partial charge in [0.25, 0.3) is 0 Å². The molecule has 4 rings (SSSR count). The minimum atomic E-state index is -0.329. The molecular weight excluding hydrogens is 381 g/mol. The lowest BCUT2D eigenvalue weighted by molar-refractivity contribution is 0.340. The van der Waals surface area contributed by atoms with Crippen molar-refractivity contribution in [2.45, 2.75) is 6.92 Å². The Bertz CT molecular complexity index is 1190. The van der Waals surface area contributed by atoms with Gasteiger partial charge in [-0.2, -0.15) is 0 Å². The number of pyridine rings is 1. The van der Waals surface area contributed by atoms with Crippen molar-refractivity contribution in [2.75, 3.05) is 20.8 Å². The molecule has 1 aromatic heterocycles. The average Bonchev–Trinajstić information content (AvgIpc) is 2.78. The fourth-order valence-electron chi connectivity index (χ4n) is 3.47. The van der Waals surface area contributed by atoms with Crippen LogP contribution in [0.4, 0.5) is 4.39 Å². The third-order valence-corrected chi connectivity index (χ3v) is 4.93. The minimum Gasteiger partial charge on any atom is -0.494 e. The van der Waals surface area contributed by atoms with E-state index in [-0.39, 0.29) is 5.82 Å². The highest BCUT2D eigenvalue weighted by Gasteiger charge is 2.16. The van der Waals surface area contributed by atoms with Crippen molar-refractivity contribution < 1.29 is 18.6 Å². The molecule has 3 aromatic carbocycles. The standard InChI is InChI=1S/C25H22FNO3/c1-4-30-18-11-9-16(10-12-18)22-13-17-14-23(28-2)24(29-3)15-20(17)25(27-22)19-7-5-6-8-21(19)26/h5-15H,4H2,1-3H3. The fourth-order valence-corrected chi connectivity index (χ4v) is 3.47. The van der Waals surface area contributed by atoms with Crippen molar-refractivity contribution in [3.05, 3.63) is 72.5 Å². The van der Waals surface area contributed by atoms with Gasteiger partial charge in [-0.25, -0.2) is 9.37 Å². The van der Waals surface area contributed by atoms with E-state index < -0.39 is 0 Å². The number of benzene rings is 3. The number of fused-ring (bicyclic) bond motifs is 1. The Morgan fingerprint density at radius 1 is 0.867 bits per heavy atom. The van der Waals surface area contributed by atoms with E-state index >= 15 is 0 Å². The second kappa shape index (κ2) is 8.41.